The van der Waals surface area contributed by atoms with Crippen molar-refractivity contribution in [2.24, 2.45) is 0 Å². The van der Waals surface area contributed by atoms with Crippen molar-refractivity contribution in [2.75, 3.05) is 0 Å². The van der Waals surface area contributed by atoms with Crippen LogP contribution < -0.4 is 0 Å². The zero-order valence-corrected chi connectivity index (χ0v) is 42.2. The van der Waals surface area contributed by atoms with Crippen LogP contribution in [0.5, 0.6) is 0 Å². The molecule has 0 fully saturated rings. The second kappa shape index (κ2) is 15.9. The Bertz CT molecular complexity index is 4240. The lowest BCUT2D eigenvalue weighted by Gasteiger charge is -2.32. The lowest BCUT2D eigenvalue weighted by molar-refractivity contribution is 0.569. The highest BCUT2D eigenvalue weighted by atomic mass is 15.1. The van der Waals surface area contributed by atoms with Crippen molar-refractivity contribution in [1.29, 1.82) is 5.26 Å². The van der Waals surface area contributed by atoms with Gasteiger partial charge in [0.1, 0.15) is 17.3 Å². The molecule has 0 saturated heterocycles. The highest BCUT2D eigenvalue weighted by Gasteiger charge is 2.37. The summed E-state index contributed by atoms with van der Waals surface area (Å²) in [5.41, 5.74) is 15.4. The van der Waals surface area contributed by atoms with E-state index in [0.29, 0.717) is 5.56 Å². The largest absolute Gasteiger partial charge is 0.306 e. The van der Waals surface area contributed by atoms with Crippen LogP contribution in [0.2, 0.25) is 0 Å². The Balaban J connectivity index is 1.39. The van der Waals surface area contributed by atoms with E-state index >= 15 is 0 Å². The molecule has 7 nitrogen and oxygen atoms in total. The number of pyridine rings is 2. The topological polar surface area (TPSA) is 69.3 Å². The molecule has 0 aliphatic rings. The van der Waals surface area contributed by atoms with Gasteiger partial charge in [0.2, 0.25) is 0 Å². The maximum atomic E-state index is 12.8. The Kier molecular flexibility index (Phi) is 9.34. The van der Waals surface area contributed by atoms with Crippen LogP contribution in [0.25, 0.3) is 121 Å². The molecule has 0 N–H and O–H groups in total. The summed E-state index contributed by atoms with van der Waals surface area (Å²) in [4.78, 5) is 10.2. The molecule has 0 radical (unpaired) electrons. The summed E-state index contributed by atoms with van der Waals surface area (Å²) in [6.07, 6.45) is 5.78. The zero-order chi connectivity index (χ0) is 50.2. The molecule has 0 atom stereocenters. The van der Waals surface area contributed by atoms with E-state index in [1.807, 2.05) is 24.7 Å². The fourth-order valence-electron chi connectivity index (χ4n) is 12.2. The van der Waals surface area contributed by atoms with Crippen molar-refractivity contribution in [3.63, 3.8) is 0 Å². The van der Waals surface area contributed by atoms with E-state index in [2.05, 4.69) is 242 Å². The van der Waals surface area contributed by atoms with Gasteiger partial charge in [0.25, 0.3) is 0 Å². The van der Waals surface area contributed by atoms with Crippen LogP contribution in [0.3, 0.4) is 0 Å². The smallest absolute Gasteiger partial charge is 0.145 e. The Hall–Kier alpha value is -9.25. The zero-order valence-electron chi connectivity index (χ0n) is 42.2. The van der Waals surface area contributed by atoms with Crippen molar-refractivity contribution in [2.45, 2.75) is 52.4 Å². The third-order valence-electron chi connectivity index (χ3n) is 15.4. The minimum atomic E-state index is -0.361. The summed E-state index contributed by atoms with van der Waals surface area (Å²) in [5.74, 6) is 0. The van der Waals surface area contributed by atoms with Gasteiger partial charge >= 0.3 is 0 Å². The SMILES string of the molecule is CC(C)(C)c1ccc(-c2c(-n3c4ccccc4c4ccncc43)c(-n3c4ccccc4c4ccccc43)c(C#N)c(-n3c4ccccc4c4ccccc43)c2-n2c3ccccc3c3cccnc32)c(C(C)(C)C)c1. The minimum Gasteiger partial charge on any atom is -0.306 e. The summed E-state index contributed by atoms with van der Waals surface area (Å²) in [6.45, 7) is 13.9. The van der Waals surface area contributed by atoms with Crippen molar-refractivity contribution in [3.8, 4) is 39.9 Å². The number of nitrogens with zero attached hydrogens (tertiary/aromatic N) is 7. The first kappa shape index (κ1) is 43.5. The molecule has 0 bridgehead atoms. The monoisotopic (exact) mass is 953 g/mol. The van der Waals surface area contributed by atoms with Crippen molar-refractivity contribution in [3.05, 3.63) is 217 Å². The summed E-state index contributed by atoms with van der Waals surface area (Å²) in [7, 11) is 0. The van der Waals surface area contributed by atoms with Crippen LogP contribution in [-0.4, -0.2) is 28.2 Å². The molecule has 7 heteroatoms. The van der Waals surface area contributed by atoms with Crippen molar-refractivity contribution >= 4 is 87.4 Å². The number of benzene rings is 8. The maximum absolute atomic E-state index is 12.8. The Morgan fingerprint density at radius 1 is 0.392 bits per heavy atom. The van der Waals surface area contributed by atoms with E-state index in [4.69, 9.17) is 9.97 Å². The summed E-state index contributed by atoms with van der Waals surface area (Å²) < 4.78 is 9.54. The molecule has 354 valence electrons. The van der Waals surface area contributed by atoms with E-state index in [1.165, 1.54) is 11.1 Å². The first-order chi connectivity index (χ1) is 36.0. The lowest BCUT2D eigenvalue weighted by Crippen LogP contribution is -2.20. The fourth-order valence-corrected chi connectivity index (χ4v) is 12.2. The highest BCUT2D eigenvalue weighted by molar-refractivity contribution is 6.17. The van der Waals surface area contributed by atoms with E-state index in [1.54, 1.807) is 0 Å². The van der Waals surface area contributed by atoms with Crippen LogP contribution in [-0.2, 0) is 10.8 Å². The Morgan fingerprint density at radius 2 is 0.797 bits per heavy atom. The van der Waals surface area contributed by atoms with Gasteiger partial charge in [-0.15, -0.1) is 0 Å². The van der Waals surface area contributed by atoms with E-state index in [9.17, 15) is 5.26 Å². The average Bonchev–Trinajstić information content (AvgIpc) is 4.17. The highest BCUT2D eigenvalue weighted by Crippen LogP contribution is 2.53. The number of rotatable bonds is 5. The summed E-state index contributed by atoms with van der Waals surface area (Å²) in [6, 6.07) is 68.4. The molecule has 8 aromatic carbocycles. The first-order valence-electron chi connectivity index (χ1n) is 25.5. The van der Waals surface area contributed by atoms with Gasteiger partial charge in [-0.2, -0.15) is 5.26 Å². The minimum absolute atomic E-state index is 0.146. The summed E-state index contributed by atoms with van der Waals surface area (Å²) >= 11 is 0. The molecule has 6 heterocycles. The molecule has 0 amide bonds. The number of para-hydroxylation sites is 6. The van der Waals surface area contributed by atoms with Gasteiger partial charge in [-0.05, 0) is 82.1 Å². The third-order valence-corrected chi connectivity index (χ3v) is 15.4. The molecule has 0 aliphatic carbocycles. The number of aromatic nitrogens is 6. The van der Waals surface area contributed by atoms with Crippen molar-refractivity contribution in [1.82, 2.24) is 28.2 Å². The van der Waals surface area contributed by atoms with Gasteiger partial charge in [0.15, 0.2) is 0 Å². The number of hydrogen-bond acceptors (Lipinski definition) is 3. The molecule has 6 aromatic heterocycles. The first-order valence-corrected chi connectivity index (χ1v) is 25.5. The van der Waals surface area contributed by atoms with Gasteiger partial charge in [-0.25, -0.2) is 4.98 Å². The quantitative estimate of drug-likeness (QED) is 0.173. The van der Waals surface area contributed by atoms with Crippen LogP contribution >= 0.6 is 0 Å². The Morgan fingerprint density at radius 3 is 1.26 bits per heavy atom. The molecule has 74 heavy (non-hydrogen) atoms. The summed E-state index contributed by atoms with van der Waals surface area (Å²) in [5, 5.41) is 21.5. The molecule has 14 rings (SSSR count). The van der Waals surface area contributed by atoms with Crippen LogP contribution in [0, 0.1) is 11.3 Å². The second-order valence-electron chi connectivity index (χ2n) is 21.7. The molecular weight excluding hydrogens is 903 g/mol. The van der Waals surface area contributed by atoms with E-state index in [-0.39, 0.29) is 10.8 Å². The van der Waals surface area contributed by atoms with Crippen LogP contribution in [0.15, 0.2) is 201 Å². The van der Waals surface area contributed by atoms with Gasteiger partial charge in [-0.3, -0.25) is 9.55 Å². The normalized spacial score (nSPS) is 12.4. The second-order valence-corrected chi connectivity index (χ2v) is 21.7. The third kappa shape index (κ3) is 6.12. The van der Waals surface area contributed by atoms with Gasteiger partial charge in [0.05, 0.1) is 67.6 Å². The molecule has 0 saturated carbocycles. The number of hydrogen-bond donors (Lipinski definition) is 0. The molecule has 0 spiro atoms. The van der Waals surface area contributed by atoms with Crippen molar-refractivity contribution < 1.29 is 0 Å². The molecule has 0 aliphatic heterocycles. The van der Waals surface area contributed by atoms with Gasteiger partial charge < -0.3 is 13.7 Å². The van der Waals surface area contributed by atoms with Gasteiger partial charge in [-0.1, -0.05) is 169 Å². The maximum Gasteiger partial charge on any atom is 0.145 e. The lowest BCUT2D eigenvalue weighted by atomic mass is 9.76. The molecule has 0 unspecified atom stereocenters. The predicted octanol–water partition coefficient (Wildman–Crippen LogP) is 17.0. The molecule has 14 aromatic rings. The number of nitriles is 1. The molecular formula is C67H51N7. The van der Waals surface area contributed by atoms with Gasteiger partial charge in [0, 0.05) is 61.0 Å². The standard InChI is InChI=1S/C67H51N7/c1-66(2,3)41-33-34-50(52(38-41)67(4,5)6)60-63(73-57-31-17-11-24-46(57)48-35-37-69-40-59(48)73)61(71-53-27-13-7-20-42(53)43-21-8-14-28-54(43)71)51(39-68)62(72-55-29-15-9-22-44(55)45-23-10-16-30-56(45)72)64(60)74-58-32-18-12-25-47(58)49-26-19-36-70-65(49)74/h7-38,40H,1-6H3. The number of fused-ring (bicyclic) bond motifs is 12. The van der Waals surface area contributed by atoms with Crippen LogP contribution in [0.1, 0.15) is 58.2 Å². The average molecular weight is 954 g/mol. The van der Waals surface area contributed by atoms with Crippen LogP contribution in [0.4, 0.5) is 0 Å². The Labute approximate surface area is 428 Å². The fraction of sp³-hybridized carbons (Fsp3) is 0.119. The van der Waals surface area contributed by atoms with E-state index in [0.717, 1.165) is 121 Å². The predicted molar refractivity (Wildman–Crippen MR) is 307 cm³/mol. The van der Waals surface area contributed by atoms with E-state index < -0.39 is 0 Å².